The summed E-state index contributed by atoms with van der Waals surface area (Å²) in [7, 11) is 0. The van der Waals surface area contributed by atoms with Crippen LogP contribution in [0.25, 0.3) is 22.4 Å². The SMILES string of the molecule is N#Cc1c(-c2cccnc2)cc(-c2ccc(Cl)cc2)nc1OCC(=O)N/N=C/c1ccc(Br)cc1. The van der Waals surface area contributed by atoms with E-state index in [1.165, 1.54) is 6.21 Å². The molecular formula is C26H17BrClN5O2. The summed E-state index contributed by atoms with van der Waals surface area (Å²) >= 11 is 9.39. The van der Waals surface area contributed by atoms with Gasteiger partial charge in [0.05, 0.1) is 11.9 Å². The van der Waals surface area contributed by atoms with Crippen molar-refractivity contribution in [1.82, 2.24) is 15.4 Å². The van der Waals surface area contributed by atoms with Gasteiger partial charge in [-0.15, -0.1) is 0 Å². The summed E-state index contributed by atoms with van der Waals surface area (Å²) in [6.07, 6.45) is 4.81. The predicted octanol–water partition coefficient (Wildman–Crippen LogP) is 5.63. The monoisotopic (exact) mass is 545 g/mol. The molecule has 2 aromatic carbocycles. The van der Waals surface area contributed by atoms with E-state index < -0.39 is 5.91 Å². The molecule has 4 aromatic rings. The standard InChI is InChI=1S/C26H17BrClN5O2/c27-20-7-3-17(4-8-20)14-31-33-25(34)16-35-26-23(13-29)22(19-2-1-11-30-15-19)12-24(32-26)18-5-9-21(28)10-6-18/h1-12,14-15H,16H2,(H,33,34)/b31-14+. The van der Waals surface area contributed by atoms with Crippen molar-refractivity contribution in [2.24, 2.45) is 5.10 Å². The van der Waals surface area contributed by atoms with Gasteiger partial charge in [0.2, 0.25) is 5.88 Å². The fraction of sp³-hybridized carbons (Fsp3) is 0.0385. The van der Waals surface area contributed by atoms with Crippen molar-refractivity contribution in [3.05, 3.63) is 99.7 Å². The molecule has 2 heterocycles. The van der Waals surface area contributed by atoms with Crippen LogP contribution in [0.15, 0.2) is 88.7 Å². The first-order chi connectivity index (χ1) is 17.0. The first-order valence-electron chi connectivity index (χ1n) is 10.4. The molecule has 0 aliphatic heterocycles. The number of nitriles is 1. The number of rotatable bonds is 7. The smallest absolute Gasteiger partial charge is 0.278 e. The molecule has 7 nitrogen and oxygen atoms in total. The average Bonchev–Trinajstić information content (AvgIpc) is 2.89. The number of halogens is 2. The Morgan fingerprint density at radius 3 is 2.60 bits per heavy atom. The lowest BCUT2D eigenvalue weighted by Gasteiger charge is -2.13. The second-order valence-corrected chi connectivity index (χ2v) is 8.58. The summed E-state index contributed by atoms with van der Waals surface area (Å²) < 4.78 is 6.63. The van der Waals surface area contributed by atoms with Gasteiger partial charge < -0.3 is 4.74 Å². The van der Waals surface area contributed by atoms with Crippen LogP contribution >= 0.6 is 27.5 Å². The Morgan fingerprint density at radius 1 is 1.14 bits per heavy atom. The second-order valence-electron chi connectivity index (χ2n) is 7.23. The highest BCUT2D eigenvalue weighted by Crippen LogP contribution is 2.33. The van der Waals surface area contributed by atoms with E-state index in [-0.39, 0.29) is 18.1 Å². The molecule has 0 fully saturated rings. The van der Waals surface area contributed by atoms with E-state index in [9.17, 15) is 10.1 Å². The molecule has 0 saturated heterocycles. The molecule has 0 aliphatic carbocycles. The minimum absolute atomic E-state index is 0.0332. The maximum Gasteiger partial charge on any atom is 0.278 e. The lowest BCUT2D eigenvalue weighted by atomic mass is 10.00. The Kier molecular flexibility index (Phi) is 7.83. The molecule has 1 N–H and O–H groups in total. The van der Waals surface area contributed by atoms with Crippen LogP contribution in [-0.2, 0) is 4.79 Å². The van der Waals surface area contributed by atoms with Crippen molar-refractivity contribution < 1.29 is 9.53 Å². The van der Waals surface area contributed by atoms with Gasteiger partial charge in [0.15, 0.2) is 6.61 Å². The van der Waals surface area contributed by atoms with Gasteiger partial charge in [0.25, 0.3) is 5.91 Å². The minimum Gasteiger partial charge on any atom is -0.467 e. The molecule has 0 saturated carbocycles. The summed E-state index contributed by atoms with van der Waals surface area (Å²) in [5, 5.41) is 14.4. The maximum atomic E-state index is 12.3. The fourth-order valence-corrected chi connectivity index (χ4v) is 3.54. The maximum absolute atomic E-state index is 12.3. The number of hydrogen-bond acceptors (Lipinski definition) is 6. The van der Waals surface area contributed by atoms with Crippen LogP contribution < -0.4 is 10.2 Å². The van der Waals surface area contributed by atoms with Crippen LogP contribution in [0.3, 0.4) is 0 Å². The van der Waals surface area contributed by atoms with Gasteiger partial charge in [0.1, 0.15) is 11.6 Å². The molecule has 0 aliphatic rings. The van der Waals surface area contributed by atoms with Crippen molar-refractivity contribution in [2.75, 3.05) is 6.61 Å². The normalized spacial score (nSPS) is 10.7. The van der Waals surface area contributed by atoms with Gasteiger partial charge in [-0.25, -0.2) is 10.4 Å². The van der Waals surface area contributed by atoms with Crippen LogP contribution in [0.1, 0.15) is 11.1 Å². The van der Waals surface area contributed by atoms with E-state index in [1.54, 1.807) is 36.7 Å². The lowest BCUT2D eigenvalue weighted by Crippen LogP contribution is -2.25. The highest BCUT2D eigenvalue weighted by molar-refractivity contribution is 9.10. The summed E-state index contributed by atoms with van der Waals surface area (Å²) in [4.78, 5) is 21.0. The Bertz CT molecular complexity index is 1400. The van der Waals surface area contributed by atoms with E-state index in [0.717, 1.165) is 21.2 Å². The quantitative estimate of drug-likeness (QED) is 0.239. The van der Waals surface area contributed by atoms with Crippen molar-refractivity contribution in [3.63, 3.8) is 0 Å². The first kappa shape index (κ1) is 24.1. The number of pyridine rings is 2. The number of benzene rings is 2. The summed E-state index contributed by atoms with van der Waals surface area (Å²) in [5.41, 5.74) is 6.06. The molecule has 0 spiro atoms. The average molecular weight is 547 g/mol. The molecule has 172 valence electrons. The number of amides is 1. The molecule has 2 aromatic heterocycles. The highest BCUT2D eigenvalue weighted by Gasteiger charge is 2.18. The molecule has 35 heavy (non-hydrogen) atoms. The Labute approximate surface area is 215 Å². The largest absolute Gasteiger partial charge is 0.467 e. The Hall–Kier alpha value is -4.06. The summed E-state index contributed by atoms with van der Waals surface area (Å²) in [6, 6.07) is 22.1. The van der Waals surface area contributed by atoms with Crippen molar-refractivity contribution in [2.45, 2.75) is 0 Å². The van der Waals surface area contributed by atoms with Crippen LogP contribution in [0.4, 0.5) is 0 Å². The molecule has 9 heteroatoms. The minimum atomic E-state index is -0.496. The van der Waals surface area contributed by atoms with Crippen LogP contribution in [-0.4, -0.2) is 28.7 Å². The fourth-order valence-electron chi connectivity index (χ4n) is 3.15. The van der Waals surface area contributed by atoms with Gasteiger partial charge in [-0.3, -0.25) is 9.78 Å². The van der Waals surface area contributed by atoms with Gasteiger partial charge in [-0.05, 0) is 42.0 Å². The third kappa shape index (κ3) is 6.29. The topological polar surface area (TPSA) is 100 Å². The molecule has 4 rings (SSSR count). The third-order valence-electron chi connectivity index (χ3n) is 4.82. The Balaban J connectivity index is 1.58. The summed E-state index contributed by atoms with van der Waals surface area (Å²) in [5.74, 6) is -0.463. The van der Waals surface area contributed by atoms with Gasteiger partial charge >= 0.3 is 0 Å². The number of nitrogens with one attached hydrogen (secondary N) is 1. The molecular weight excluding hydrogens is 530 g/mol. The number of nitrogens with zero attached hydrogens (tertiary/aromatic N) is 4. The van der Waals surface area contributed by atoms with E-state index >= 15 is 0 Å². The second kappa shape index (κ2) is 11.4. The zero-order valence-electron chi connectivity index (χ0n) is 18.2. The zero-order valence-corrected chi connectivity index (χ0v) is 20.5. The molecule has 0 radical (unpaired) electrons. The van der Waals surface area contributed by atoms with Gasteiger partial charge in [-0.1, -0.05) is 57.9 Å². The van der Waals surface area contributed by atoms with Gasteiger partial charge in [-0.2, -0.15) is 10.4 Å². The lowest BCUT2D eigenvalue weighted by molar-refractivity contribution is -0.123. The van der Waals surface area contributed by atoms with Crippen LogP contribution in [0, 0.1) is 11.3 Å². The van der Waals surface area contributed by atoms with Crippen molar-refractivity contribution in [1.29, 1.82) is 5.26 Å². The van der Waals surface area contributed by atoms with E-state index in [4.69, 9.17) is 16.3 Å². The Morgan fingerprint density at radius 2 is 1.91 bits per heavy atom. The first-order valence-corrected chi connectivity index (χ1v) is 11.5. The van der Waals surface area contributed by atoms with E-state index in [0.29, 0.717) is 16.3 Å². The molecule has 1 amide bonds. The van der Waals surface area contributed by atoms with E-state index in [1.807, 2.05) is 42.5 Å². The molecule has 0 bridgehead atoms. The molecule has 0 atom stereocenters. The van der Waals surface area contributed by atoms with Crippen LogP contribution in [0.5, 0.6) is 5.88 Å². The number of carbonyl (C=O) groups is 1. The third-order valence-corrected chi connectivity index (χ3v) is 5.60. The number of hydrazone groups is 1. The van der Waals surface area contributed by atoms with Crippen LogP contribution in [0.2, 0.25) is 5.02 Å². The number of aromatic nitrogens is 2. The number of carbonyl (C=O) groups excluding carboxylic acids is 1. The van der Waals surface area contributed by atoms with Crippen molar-refractivity contribution >= 4 is 39.7 Å². The summed E-state index contributed by atoms with van der Waals surface area (Å²) in [6.45, 7) is -0.379. The number of ether oxygens (including phenoxy) is 1. The number of hydrogen-bond donors (Lipinski definition) is 1. The highest BCUT2D eigenvalue weighted by atomic mass is 79.9. The molecule has 0 unspecified atom stereocenters. The predicted molar refractivity (Wildman–Crippen MR) is 138 cm³/mol. The zero-order chi connectivity index (χ0) is 24.6. The van der Waals surface area contributed by atoms with E-state index in [2.05, 4.69) is 42.5 Å². The van der Waals surface area contributed by atoms with Gasteiger partial charge in [0, 0.05) is 38.6 Å². The van der Waals surface area contributed by atoms with Crippen molar-refractivity contribution in [3.8, 4) is 34.3 Å².